The maximum absolute atomic E-state index is 12.1. The monoisotopic (exact) mass is 373 g/mol. The zero-order chi connectivity index (χ0) is 19.6. The van der Waals surface area contributed by atoms with Crippen molar-refractivity contribution in [1.82, 2.24) is 14.9 Å². The van der Waals surface area contributed by atoms with Gasteiger partial charge in [0.2, 0.25) is 0 Å². The molecule has 0 aliphatic heterocycles. The van der Waals surface area contributed by atoms with E-state index in [0.29, 0.717) is 13.1 Å². The molecule has 0 aliphatic carbocycles. The Morgan fingerprint density at radius 1 is 1.00 bits per heavy atom. The maximum Gasteiger partial charge on any atom is 0.348 e. The number of rotatable bonds is 9. The van der Waals surface area contributed by atoms with Gasteiger partial charge in [-0.2, -0.15) is 0 Å². The predicted octanol–water partition coefficient (Wildman–Crippen LogP) is 1.29. The molecule has 0 saturated heterocycles. The number of pyridine rings is 2. The molecule has 0 aliphatic rings. The highest BCUT2D eigenvalue weighted by Gasteiger charge is 2.22. The summed E-state index contributed by atoms with van der Waals surface area (Å²) in [5, 5.41) is 9.15. The number of carbonyl (C=O) groups excluding carboxylic acids is 2. The first-order valence-electron chi connectivity index (χ1n) is 8.53. The number of hydrogen-bond donors (Lipinski definition) is 1. The normalized spacial score (nSPS) is 13.0. The molecule has 0 bridgehead atoms. The Morgan fingerprint density at radius 3 is 2.00 bits per heavy atom. The summed E-state index contributed by atoms with van der Waals surface area (Å²) in [6, 6.07) is 11.2. The van der Waals surface area contributed by atoms with Crippen LogP contribution in [0.5, 0.6) is 0 Å². The molecule has 1 N–H and O–H groups in total. The molecule has 0 aromatic carbocycles. The van der Waals surface area contributed by atoms with E-state index in [1.807, 2.05) is 41.3 Å². The Kier molecular flexibility index (Phi) is 7.84. The number of aromatic nitrogens is 2. The van der Waals surface area contributed by atoms with E-state index in [0.717, 1.165) is 11.4 Å². The van der Waals surface area contributed by atoms with E-state index < -0.39 is 24.1 Å². The third kappa shape index (κ3) is 7.12. The van der Waals surface area contributed by atoms with Crippen LogP contribution in [0, 0.1) is 0 Å². The highest BCUT2D eigenvalue weighted by Crippen LogP contribution is 2.08. The minimum absolute atomic E-state index is 0.0252. The van der Waals surface area contributed by atoms with Gasteiger partial charge < -0.3 is 14.6 Å². The lowest BCUT2D eigenvalue weighted by molar-refractivity contribution is -0.174. The van der Waals surface area contributed by atoms with Crippen LogP contribution in [0.2, 0.25) is 0 Å². The molecule has 27 heavy (non-hydrogen) atoms. The lowest BCUT2D eigenvalue weighted by Crippen LogP contribution is -2.34. The van der Waals surface area contributed by atoms with Crippen LogP contribution < -0.4 is 0 Å². The Labute approximate surface area is 157 Å². The number of ether oxygens (including phenoxy) is 2. The Hall–Kier alpha value is -2.84. The van der Waals surface area contributed by atoms with Crippen molar-refractivity contribution in [3.8, 4) is 0 Å². The number of aliphatic hydroxyl groups excluding tert-OH is 1. The summed E-state index contributed by atoms with van der Waals surface area (Å²) in [5.41, 5.74) is 1.64. The molecule has 2 atom stereocenters. The van der Waals surface area contributed by atoms with Crippen LogP contribution in [0.15, 0.2) is 48.8 Å². The fraction of sp³-hybridized carbons (Fsp3) is 0.368. The standard InChI is InChI=1S/C19H23N3O5/c1-14(23)18(24)27-15(2)19(25)26-13-22(11-16-7-3-5-9-20-16)12-17-8-4-6-10-21-17/h3-10,14-15,23H,11-13H2,1-2H3. The van der Waals surface area contributed by atoms with Gasteiger partial charge >= 0.3 is 11.9 Å². The zero-order valence-electron chi connectivity index (χ0n) is 15.3. The maximum atomic E-state index is 12.1. The van der Waals surface area contributed by atoms with Gasteiger partial charge in [-0.1, -0.05) is 12.1 Å². The topological polar surface area (TPSA) is 102 Å². The second-order valence-corrected chi connectivity index (χ2v) is 5.98. The van der Waals surface area contributed by atoms with Crippen molar-refractivity contribution in [2.24, 2.45) is 0 Å². The summed E-state index contributed by atoms with van der Waals surface area (Å²) in [6.45, 7) is 3.54. The minimum atomic E-state index is -1.30. The molecular formula is C19H23N3O5. The van der Waals surface area contributed by atoms with E-state index in [4.69, 9.17) is 14.6 Å². The number of hydrogen-bond acceptors (Lipinski definition) is 8. The van der Waals surface area contributed by atoms with Gasteiger partial charge in [-0.3, -0.25) is 14.9 Å². The van der Waals surface area contributed by atoms with Gasteiger partial charge in [0, 0.05) is 25.5 Å². The molecule has 2 aromatic heterocycles. The van der Waals surface area contributed by atoms with Crippen LogP contribution in [0.1, 0.15) is 25.2 Å². The van der Waals surface area contributed by atoms with Crippen molar-refractivity contribution in [1.29, 1.82) is 0 Å². The van der Waals surface area contributed by atoms with Gasteiger partial charge in [-0.15, -0.1) is 0 Å². The first-order chi connectivity index (χ1) is 13.0. The minimum Gasteiger partial charge on any atom is -0.449 e. The summed E-state index contributed by atoms with van der Waals surface area (Å²) >= 11 is 0. The Bertz CT molecular complexity index is 683. The van der Waals surface area contributed by atoms with Crippen molar-refractivity contribution >= 4 is 11.9 Å². The second-order valence-electron chi connectivity index (χ2n) is 5.98. The van der Waals surface area contributed by atoms with E-state index >= 15 is 0 Å². The fourth-order valence-electron chi connectivity index (χ4n) is 2.18. The third-order valence-corrected chi connectivity index (χ3v) is 3.58. The molecule has 0 radical (unpaired) electrons. The third-order valence-electron chi connectivity index (χ3n) is 3.58. The quantitative estimate of drug-likeness (QED) is 0.518. The van der Waals surface area contributed by atoms with Crippen LogP contribution in [-0.4, -0.2) is 50.9 Å². The SMILES string of the molecule is CC(O)C(=O)OC(C)C(=O)OCN(Cc1ccccn1)Cc1ccccn1. The fourth-order valence-corrected chi connectivity index (χ4v) is 2.18. The molecule has 2 aromatic rings. The summed E-state index contributed by atoms with van der Waals surface area (Å²) in [7, 11) is 0. The molecule has 8 heteroatoms. The first-order valence-corrected chi connectivity index (χ1v) is 8.53. The van der Waals surface area contributed by atoms with Gasteiger partial charge in [0.1, 0.15) is 12.8 Å². The van der Waals surface area contributed by atoms with Crippen molar-refractivity contribution in [3.63, 3.8) is 0 Å². The lowest BCUT2D eigenvalue weighted by Gasteiger charge is -2.22. The summed E-state index contributed by atoms with van der Waals surface area (Å²) in [6.07, 6.45) is 0.971. The molecule has 2 unspecified atom stereocenters. The van der Waals surface area contributed by atoms with E-state index in [-0.39, 0.29) is 6.73 Å². The van der Waals surface area contributed by atoms with Crippen molar-refractivity contribution in [2.45, 2.75) is 39.1 Å². The lowest BCUT2D eigenvalue weighted by atomic mass is 10.3. The number of nitrogens with zero attached hydrogens (tertiary/aromatic N) is 3. The van der Waals surface area contributed by atoms with Gasteiger partial charge in [0.05, 0.1) is 11.4 Å². The van der Waals surface area contributed by atoms with E-state index in [2.05, 4.69) is 9.97 Å². The molecule has 144 valence electrons. The molecular weight excluding hydrogens is 350 g/mol. The van der Waals surface area contributed by atoms with Gasteiger partial charge in [0.25, 0.3) is 0 Å². The summed E-state index contributed by atoms with van der Waals surface area (Å²) < 4.78 is 10.1. The van der Waals surface area contributed by atoms with Crippen LogP contribution in [0.4, 0.5) is 0 Å². The average molecular weight is 373 g/mol. The van der Waals surface area contributed by atoms with Crippen molar-refractivity contribution in [3.05, 3.63) is 60.2 Å². The highest BCUT2D eigenvalue weighted by atomic mass is 16.6. The van der Waals surface area contributed by atoms with Crippen LogP contribution in [0.25, 0.3) is 0 Å². The van der Waals surface area contributed by atoms with Crippen molar-refractivity contribution < 1.29 is 24.2 Å². The summed E-state index contributed by atoms with van der Waals surface area (Å²) in [4.78, 5) is 33.9. The first kappa shape index (κ1) is 20.5. The largest absolute Gasteiger partial charge is 0.449 e. The molecule has 0 amide bonds. The van der Waals surface area contributed by atoms with Gasteiger partial charge in [0.15, 0.2) is 6.10 Å². The van der Waals surface area contributed by atoms with Crippen LogP contribution in [-0.2, 0) is 32.2 Å². The summed E-state index contributed by atoms with van der Waals surface area (Å²) in [5.74, 6) is -1.57. The van der Waals surface area contributed by atoms with E-state index in [9.17, 15) is 9.59 Å². The highest BCUT2D eigenvalue weighted by molar-refractivity contribution is 5.80. The van der Waals surface area contributed by atoms with Crippen LogP contribution >= 0.6 is 0 Å². The predicted molar refractivity (Wildman–Crippen MR) is 95.9 cm³/mol. The molecule has 0 fully saturated rings. The number of carbonyl (C=O) groups is 2. The second kappa shape index (κ2) is 10.3. The van der Waals surface area contributed by atoms with Crippen molar-refractivity contribution in [2.75, 3.05) is 6.73 Å². The molecule has 2 heterocycles. The average Bonchev–Trinajstić information content (AvgIpc) is 2.67. The smallest absolute Gasteiger partial charge is 0.348 e. The Balaban J connectivity index is 1.96. The van der Waals surface area contributed by atoms with Gasteiger partial charge in [-0.25, -0.2) is 9.59 Å². The van der Waals surface area contributed by atoms with Gasteiger partial charge in [-0.05, 0) is 38.1 Å². The Morgan fingerprint density at radius 2 is 1.56 bits per heavy atom. The molecule has 0 saturated carbocycles. The zero-order valence-corrected chi connectivity index (χ0v) is 15.3. The number of aliphatic hydroxyl groups is 1. The molecule has 0 spiro atoms. The van der Waals surface area contributed by atoms with Crippen LogP contribution in [0.3, 0.4) is 0 Å². The molecule has 8 nitrogen and oxygen atoms in total. The molecule has 2 rings (SSSR count). The number of esters is 2. The van der Waals surface area contributed by atoms with E-state index in [1.54, 1.807) is 12.4 Å². The van der Waals surface area contributed by atoms with E-state index in [1.165, 1.54) is 13.8 Å².